The molecule has 7 nitrogen and oxygen atoms in total. The van der Waals surface area contributed by atoms with E-state index < -0.39 is 0 Å². The molecule has 2 N–H and O–H groups in total. The first-order valence-corrected chi connectivity index (χ1v) is 10.5. The summed E-state index contributed by atoms with van der Waals surface area (Å²) >= 11 is 0. The number of para-hydroxylation sites is 1. The van der Waals surface area contributed by atoms with Crippen LogP contribution in [0.1, 0.15) is 30.9 Å². The van der Waals surface area contributed by atoms with Crippen molar-refractivity contribution in [3.8, 4) is 11.5 Å². The second-order valence-corrected chi connectivity index (χ2v) is 7.34. The minimum atomic E-state index is 0. The lowest BCUT2D eigenvalue weighted by Crippen LogP contribution is -2.38. The summed E-state index contributed by atoms with van der Waals surface area (Å²) in [6, 6.07) is 14.0. The fraction of sp³-hybridized carbons (Fsp3) is 0.391. The molecule has 0 atom stereocenters. The summed E-state index contributed by atoms with van der Waals surface area (Å²) in [5.41, 5.74) is 3.38. The molecule has 166 valence electrons. The van der Waals surface area contributed by atoms with Crippen molar-refractivity contribution in [3.05, 3.63) is 53.6 Å². The number of nitrogens with zero attached hydrogens (tertiary/aromatic N) is 2. The van der Waals surface area contributed by atoms with Crippen LogP contribution in [0, 0.1) is 0 Å². The largest absolute Gasteiger partial charge is 0.454 e. The van der Waals surface area contributed by atoms with Gasteiger partial charge in [-0.25, -0.2) is 4.99 Å². The highest BCUT2D eigenvalue weighted by Gasteiger charge is 2.23. The molecule has 0 fully saturated rings. The van der Waals surface area contributed by atoms with Crippen LogP contribution in [0.5, 0.6) is 11.5 Å². The lowest BCUT2D eigenvalue weighted by molar-refractivity contribution is -0.118. The molecule has 0 aromatic heterocycles. The Morgan fingerprint density at radius 1 is 1.13 bits per heavy atom. The Morgan fingerprint density at radius 2 is 1.97 bits per heavy atom. The van der Waals surface area contributed by atoms with Crippen molar-refractivity contribution in [2.45, 2.75) is 32.7 Å². The number of benzene rings is 2. The van der Waals surface area contributed by atoms with Crippen molar-refractivity contribution in [3.63, 3.8) is 0 Å². The summed E-state index contributed by atoms with van der Waals surface area (Å²) in [7, 11) is 0. The summed E-state index contributed by atoms with van der Waals surface area (Å²) in [5.74, 6) is 2.47. The predicted molar refractivity (Wildman–Crippen MR) is 133 cm³/mol. The Bertz CT molecular complexity index is 935. The maximum absolute atomic E-state index is 12.6. The lowest BCUT2D eigenvalue weighted by Gasteiger charge is -2.17. The second kappa shape index (κ2) is 11.2. The van der Waals surface area contributed by atoms with E-state index in [2.05, 4.69) is 21.7 Å². The van der Waals surface area contributed by atoms with Crippen LogP contribution in [-0.4, -0.2) is 38.3 Å². The highest BCUT2D eigenvalue weighted by atomic mass is 127. The first-order valence-electron chi connectivity index (χ1n) is 10.5. The fourth-order valence-corrected chi connectivity index (χ4v) is 3.73. The van der Waals surface area contributed by atoms with Crippen LogP contribution in [0.15, 0.2) is 47.5 Å². The minimum Gasteiger partial charge on any atom is -0.454 e. The van der Waals surface area contributed by atoms with E-state index in [9.17, 15) is 4.79 Å². The highest BCUT2D eigenvalue weighted by molar-refractivity contribution is 14.0. The van der Waals surface area contributed by atoms with Gasteiger partial charge in [-0.2, -0.15) is 0 Å². The number of fused-ring (bicyclic) bond motifs is 2. The van der Waals surface area contributed by atoms with E-state index in [1.165, 1.54) is 5.56 Å². The molecule has 2 aliphatic rings. The molecule has 2 aliphatic heterocycles. The van der Waals surface area contributed by atoms with E-state index in [1.54, 1.807) is 0 Å². The Hall–Kier alpha value is -2.49. The van der Waals surface area contributed by atoms with Gasteiger partial charge in [0.05, 0.1) is 6.54 Å². The molecular formula is C23H29IN4O3. The normalized spacial score (nSPS) is 14.1. The van der Waals surface area contributed by atoms with Crippen LogP contribution in [0.3, 0.4) is 0 Å². The average Bonchev–Trinajstić information content (AvgIpc) is 3.41. The third-order valence-electron chi connectivity index (χ3n) is 5.25. The van der Waals surface area contributed by atoms with Gasteiger partial charge in [0.25, 0.3) is 0 Å². The van der Waals surface area contributed by atoms with Crippen molar-refractivity contribution in [1.29, 1.82) is 0 Å². The number of ether oxygens (including phenoxy) is 2. The Labute approximate surface area is 200 Å². The molecule has 2 aromatic carbocycles. The van der Waals surface area contributed by atoms with E-state index in [1.807, 2.05) is 48.2 Å². The van der Waals surface area contributed by atoms with Crippen LogP contribution in [0.25, 0.3) is 0 Å². The number of hydrogen-bond acceptors (Lipinski definition) is 4. The lowest BCUT2D eigenvalue weighted by atomic mass is 10.2. The van der Waals surface area contributed by atoms with E-state index in [0.29, 0.717) is 19.5 Å². The standard InChI is InChI=1S/C23H28N4O3.HI/c1-2-24-23(26-15-17-9-10-20-21(14-17)30-16-29-20)25-12-5-8-22(28)27-13-11-18-6-3-4-7-19(18)27;/h3-4,6-7,9-10,14H,2,5,8,11-13,15-16H2,1H3,(H2,24,25,26);1H. The van der Waals surface area contributed by atoms with Crippen molar-refractivity contribution in [1.82, 2.24) is 10.6 Å². The number of carbonyl (C=O) groups is 1. The Balaban J connectivity index is 0.00000272. The van der Waals surface area contributed by atoms with Gasteiger partial charge in [-0.15, -0.1) is 24.0 Å². The number of nitrogens with one attached hydrogen (secondary N) is 2. The van der Waals surface area contributed by atoms with Crippen molar-refractivity contribution < 1.29 is 14.3 Å². The number of aliphatic imine (C=N–C) groups is 1. The first-order chi connectivity index (χ1) is 14.7. The van der Waals surface area contributed by atoms with Gasteiger partial charge in [0.2, 0.25) is 12.7 Å². The molecule has 4 rings (SSSR count). The molecule has 0 aliphatic carbocycles. The Morgan fingerprint density at radius 3 is 2.84 bits per heavy atom. The minimum absolute atomic E-state index is 0. The van der Waals surface area contributed by atoms with E-state index in [4.69, 9.17) is 9.47 Å². The number of amides is 1. The smallest absolute Gasteiger partial charge is 0.231 e. The van der Waals surface area contributed by atoms with Gasteiger partial charge in [-0.3, -0.25) is 4.79 Å². The molecule has 0 saturated heterocycles. The summed E-state index contributed by atoms with van der Waals surface area (Å²) in [4.78, 5) is 19.2. The number of hydrogen-bond donors (Lipinski definition) is 2. The van der Waals surface area contributed by atoms with Gasteiger partial charge < -0.3 is 25.0 Å². The molecule has 0 bridgehead atoms. The van der Waals surface area contributed by atoms with Crippen molar-refractivity contribution in [2.24, 2.45) is 4.99 Å². The van der Waals surface area contributed by atoms with Crippen molar-refractivity contribution >= 4 is 41.5 Å². The maximum atomic E-state index is 12.6. The molecule has 0 radical (unpaired) electrons. The molecule has 0 spiro atoms. The summed E-state index contributed by atoms with van der Waals surface area (Å²) in [6.45, 7) is 5.09. The van der Waals surface area contributed by atoms with Gasteiger partial charge in [-0.05, 0) is 49.1 Å². The number of rotatable bonds is 7. The number of carbonyl (C=O) groups excluding carboxylic acids is 1. The fourth-order valence-electron chi connectivity index (χ4n) is 3.73. The van der Waals surface area contributed by atoms with E-state index in [0.717, 1.165) is 54.6 Å². The van der Waals surface area contributed by atoms with Gasteiger partial charge in [0.15, 0.2) is 17.5 Å². The summed E-state index contributed by atoms with van der Waals surface area (Å²) in [6.07, 6.45) is 2.21. The summed E-state index contributed by atoms with van der Waals surface area (Å²) in [5, 5.41) is 6.57. The van der Waals surface area contributed by atoms with Gasteiger partial charge >= 0.3 is 0 Å². The molecule has 31 heavy (non-hydrogen) atoms. The predicted octanol–water partition coefficient (Wildman–Crippen LogP) is 3.46. The zero-order valence-electron chi connectivity index (χ0n) is 17.7. The third-order valence-corrected chi connectivity index (χ3v) is 5.25. The van der Waals surface area contributed by atoms with Crippen LogP contribution in [0.2, 0.25) is 0 Å². The molecular weight excluding hydrogens is 507 g/mol. The van der Waals surface area contributed by atoms with Crippen LogP contribution < -0.4 is 25.0 Å². The average molecular weight is 536 g/mol. The topological polar surface area (TPSA) is 75.2 Å². The molecule has 0 unspecified atom stereocenters. The van der Waals surface area contributed by atoms with Crippen LogP contribution in [-0.2, 0) is 17.8 Å². The zero-order valence-corrected chi connectivity index (χ0v) is 20.1. The SMILES string of the molecule is CCNC(=NCc1ccc2c(c1)OCO2)NCCCC(=O)N1CCc2ccccc21.I. The molecule has 1 amide bonds. The van der Waals surface area contributed by atoms with Crippen LogP contribution >= 0.6 is 24.0 Å². The number of guanidine groups is 1. The third kappa shape index (κ3) is 5.81. The second-order valence-electron chi connectivity index (χ2n) is 7.34. The molecule has 0 saturated carbocycles. The molecule has 2 aromatic rings. The van der Waals surface area contributed by atoms with E-state index >= 15 is 0 Å². The quantitative estimate of drug-likeness (QED) is 0.246. The maximum Gasteiger partial charge on any atom is 0.231 e. The molecule has 2 heterocycles. The summed E-state index contributed by atoms with van der Waals surface area (Å²) < 4.78 is 10.8. The van der Waals surface area contributed by atoms with Gasteiger partial charge in [0, 0.05) is 31.7 Å². The molecule has 8 heteroatoms. The Kier molecular flexibility index (Phi) is 8.39. The van der Waals surface area contributed by atoms with Crippen molar-refractivity contribution in [2.75, 3.05) is 31.3 Å². The number of anilines is 1. The first kappa shape index (κ1) is 23.2. The highest BCUT2D eigenvalue weighted by Crippen LogP contribution is 2.32. The van der Waals surface area contributed by atoms with Crippen LogP contribution in [0.4, 0.5) is 5.69 Å². The number of halogens is 1. The van der Waals surface area contributed by atoms with Gasteiger partial charge in [0.1, 0.15) is 0 Å². The monoisotopic (exact) mass is 536 g/mol. The van der Waals surface area contributed by atoms with Gasteiger partial charge in [-0.1, -0.05) is 24.3 Å². The van der Waals surface area contributed by atoms with E-state index in [-0.39, 0.29) is 36.7 Å². The zero-order chi connectivity index (χ0) is 20.8.